The molecule has 0 saturated heterocycles. The number of rotatable bonds is 1. The standard InChI is InChI=1S/C13H11N3/c1-9-4-5-11(12(7-14)13(9)15)10-3-2-6-16-8-10/h2-6,8H,15H2,1H3. The molecule has 2 rings (SSSR count). The van der Waals surface area contributed by atoms with Gasteiger partial charge in [0.15, 0.2) is 0 Å². The summed E-state index contributed by atoms with van der Waals surface area (Å²) >= 11 is 0. The van der Waals surface area contributed by atoms with Gasteiger partial charge in [0.2, 0.25) is 0 Å². The Labute approximate surface area is 94.2 Å². The van der Waals surface area contributed by atoms with E-state index in [4.69, 9.17) is 11.0 Å². The molecular formula is C13H11N3. The number of aromatic nitrogens is 1. The smallest absolute Gasteiger partial charge is 0.102 e. The summed E-state index contributed by atoms with van der Waals surface area (Å²) in [5.41, 5.74) is 9.62. The molecule has 0 amide bonds. The van der Waals surface area contributed by atoms with Crippen LogP contribution in [0.1, 0.15) is 11.1 Å². The Morgan fingerprint density at radius 3 is 2.75 bits per heavy atom. The molecule has 0 bridgehead atoms. The van der Waals surface area contributed by atoms with Gasteiger partial charge in [0, 0.05) is 23.5 Å². The summed E-state index contributed by atoms with van der Waals surface area (Å²) < 4.78 is 0. The van der Waals surface area contributed by atoms with Gasteiger partial charge >= 0.3 is 0 Å². The lowest BCUT2D eigenvalue weighted by Gasteiger charge is -2.08. The van der Waals surface area contributed by atoms with Gasteiger partial charge in [-0.1, -0.05) is 18.2 Å². The van der Waals surface area contributed by atoms with Crippen LogP contribution in [0.4, 0.5) is 5.69 Å². The third kappa shape index (κ3) is 1.61. The van der Waals surface area contributed by atoms with Crippen molar-refractivity contribution in [3.8, 4) is 17.2 Å². The van der Waals surface area contributed by atoms with Crippen LogP contribution in [0.15, 0.2) is 36.7 Å². The van der Waals surface area contributed by atoms with Gasteiger partial charge in [-0.25, -0.2) is 0 Å². The molecule has 2 aromatic rings. The number of nitrogens with zero attached hydrogens (tertiary/aromatic N) is 2. The molecule has 2 N–H and O–H groups in total. The van der Waals surface area contributed by atoms with Crippen LogP contribution >= 0.6 is 0 Å². The molecule has 0 aliphatic heterocycles. The molecule has 0 fully saturated rings. The van der Waals surface area contributed by atoms with Crippen molar-refractivity contribution in [1.29, 1.82) is 5.26 Å². The number of hydrogen-bond donors (Lipinski definition) is 1. The van der Waals surface area contributed by atoms with Crippen LogP contribution in [-0.2, 0) is 0 Å². The summed E-state index contributed by atoms with van der Waals surface area (Å²) in [4.78, 5) is 4.04. The second-order valence-electron chi connectivity index (χ2n) is 3.57. The minimum atomic E-state index is 0.521. The molecule has 3 heteroatoms. The molecule has 0 atom stereocenters. The lowest BCUT2D eigenvalue weighted by molar-refractivity contribution is 1.32. The zero-order chi connectivity index (χ0) is 11.5. The molecule has 1 aromatic carbocycles. The van der Waals surface area contributed by atoms with Crippen LogP contribution in [0.25, 0.3) is 11.1 Å². The second-order valence-corrected chi connectivity index (χ2v) is 3.57. The highest BCUT2D eigenvalue weighted by Crippen LogP contribution is 2.28. The molecule has 0 spiro atoms. The van der Waals surface area contributed by atoms with Crippen molar-refractivity contribution in [1.82, 2.24) is 4.98 Å². The molecule has 1 aromatic heterocycles. The predicted molar refractivity (Wildman–Crippen MR) is 63.5 cm³/mol. The van der Waals surface area contributed by atoms with Gasteiger partial charge in [-0.2, -0.15) is 5.26 Å². The molecule has 78 valence electrons. The molecule has 0 saturated carbocycles. The van der Waals surface area contributed by atoms with Crippen LogP contribution in [0, 0.1) is 18.3 Å². The highest BCUT2D eigenvalue weighted by atomic mass is 14.6. The van der Waals surface area contributed by atoms with E-state index in [0.29, 0.717) is 11.3 Å². The van der Waals surface area contributed by atoms with Gasteiger partial charge in [0.25, 0.3) is 0 Å². The maximum Gasteiger partial charge on any atom is 0.102 e. The Morgan fingerprint density at radius 2 is 2.12 bits per heavy atom. The number of hydrogen-bond acceptors (Lipinski definition) is 3. The molecule has 0 aliphatic carbocycles. The average molecular weight is 209 g/mol. The number of nitrogens with two attached hydrogens (primary N) is 1. The average Bonchev–Trinajstić information content (AvgIpc) is 2.33. The van der Waals surface area contributed by atoms with Gasteiger partial charge < -0.3 is 5.73 Å². The van der Waals surface area contributed by atoms with Gasteiger partial charge in [0.05, 0.1) is 11.3 Å². The molecular weight excluding hydrogens is 198 g/mol. The van der Waals surface area contributed by atoms with Crippen LogP contribution in [-0.4, -0.2) is 4.98 Å². The zero-order valence-corrected chi connectivity index (χ0v) is 8.94. The monoisotopic (exact) mass is 209 g/mol. The fourth-order valence-electron chi connectivity index (χ4n) is 1.61. The maximum atomic E-state index is 9.13. The fourth-order valence-corrected chi connectivity index (χ4v) is 1.61. The van der Waals surface area contributed by atoms with E-state index >= 15 is 0 Å². The normalized spacial score (nSPS) is 9.75. The Bertz CT molecular complexity index is 553. The fraction of sp³-hybridized carbons (Fsp3) is 0.0769. The third-order valence-corrected chi connectivity index (χ3v) is 2.55. The molecule has 0 radical (unpaired) electrons. The van der Waals surface area contributed by atoms with Crippen molar-refractivity contribution in [3.05, 3.63) is 47.8 Å². The summed E-state index contributed by atoms with van der Waals surface area (Å²) in [6, 6.07) is 9.72. The van der Waals surface area contributed by atoms with E-state index in [0.717, 1.165) is 16.7 Å². The van der Waals surface area contributed by atoms with E-state index in [9.17, 15) is 0 Å². The maximum absolute atomic E-state index is 9.13. The summed E-state index contributed by atoms with van der Waals surface area (Å²) in [5, 5.41) is 9.13. The number of benzene rings is 1. The van der Waals surface area contributed by atoms with Gasteiger partial charge in [-0.15, -0.1) is 0 Å². The highest BCUT2D eigenvalue weighted by Gasteiger charge is 2.09. The molecule has 3 nitrogen and oxygen atoms in total. The number of nitrogen functional groups attached to an aromatic ring is 1. The predicted octanol–water partition coefficient (Wildman–Crippen LogP) is 2.51. The van der Waals surface area contributed by atoms with E-state index in [1.54, 1.807) is 12.4 Å². The summed E-state index contributed by atoms with van der Waals surface area (Å²) in [6.07, 6.45) is 3.43. The first-order chi connectivity index (χ1) is 7.74. The van der Waals surface area contributed by atoms with Gasteiger partial charge in [-0.05, 0) is 18.6 Å². The first-order valence-electron chi connectivity index (χ1n) is 4.93. The Kier molecular flexibility index (Phi) is 2.57. The number of nitriles is 1. The van der Waals surface area contributed by atoms with Crippen LogP contribution in [0.5, 0.6) is 0 Å². The molecule has 0 unspecified atom stereocenters. The summed E-state index contributed by atoms with van der Waals surface area (Å²) in [6.45, 7) is 1.89. The summed E-state index contributed by atoms with van der Waals surface area (Å²) in [7, 11) is 0. The first kappa shape index (κ1) is 10.2. The van der Waals surface area contributed by atoms with Gasteiger partial charge in [-0.3, -0.25) is 4.98 Å². The van der Waals surface area contributed by atoms with Crippen molar-refractivity contribution in [2.75, 3.05) is 5.73 Å². The topological polar surface area (TPSA) is 62.7 Å². The highest BCUT2D eigenvalue weighted by molar-refractivity contribution is 5.78. The number of aryl methyl sites for hydroxylation is 1. The van der Waals surface area contributed by atoms with Crippen LogP contribution in [0.3, 0.4) is 0 Å². The molecule has 1 heterocycles. The molecule has 16 heavy (non-hydrogen) atoms. The van der Waals surface area contributed by atoms with Crippen molar-refractivity contribution in [2.45, 2.75) is 6.92 Å². The van der Waals surface area contributed by atoms with E-state index in [1.807, 2.05) is 31.2 Å². The van der Waals surface area contributed by atoms with Crippen LogP contribution in [0.2, 0.25) is 0 Å². The minimum absolute atomic E-state index is 0.521. The lowest BCUT2D eigenvalue weighted by atomic mass is 9.98. The minimum Gasteiger partial charge on any atom is -0.397 e. The number of anilines is 1. The quantitative estimate of drug-likeness (QED) is 0.734. The zero-order valence-electron chi connectivity index (χ0n) is 8.94. The number of pyridine rings is 1. The molecule has 0 aliphatic rings. The summed E-state index contributed by atoms with van der Waals surface area (Å²) in [5.74, 6) is 0. The van der Waals surface area contributed by atoms with Crippen molar-refractivity contribution < 1.29 is 0 Å². The Hall–Kier alpha value is -2.34. The lowest BCUT2D eigenvalue weighted by Crippen LogP contribution is -1.96. The van der Waals surface area contributed by atoms with Crippen molar-refractivity contribution in [3.63, 3.8) is 0 Å². The van der Waals surface area contributed by atoms with Gasteiger partial charge in [0.1, 0.15) is 6.07 Å². The van der Waals surface area contributed by atoms with E-state index in [-0.39, 0.29) is 0 Å². The van der Waals surface area contributed by atoms with E-state index in [1.165, 1.54) is 0 Å². The van der Waals surface area contributed by atoms with Crippen molar-refractivity contribution in [2.24, 2.45) is 0 Å². The van der Waals surface area contributed by atoms with E-state index in [2.05, 4.69) is 11.1 Å². The Balaban J connectivity index is 2.68. The largest absolute Gasteiger partial charge is 0.397 e. The van der Waals surface area contributed by atoms with Crippen LogP contribution < -0.4 is 5.73 Å². The SMILES string of the molecule is Cc1ccc(-c2cccnc2)c(C#N)c1N. The third-order valence-electron chi connectivity index (χ3n) is 2.55. The first-order valence-corrected chi connectivity index (χ1v) is 4.93. The Morgan fingerprint density at radius 1 is 1.31 bits per heavy atom. The second kappa shape index (κ2) is 4.03. The van der Waals surface area contributed by atoms with Crippen molar-refractivity contribution >= 4 is 5.69 Å². The van der Waals surface area contributed by atoms with E-state index < -0.39 is 0 Å².